The van der Waals surface area contributed by atoms with Crippen LogP contribution in [0.15, 0.2) is 48.5 Å². The fourth-order valence-electron chi connectivity index (χ4n) is 1.98. The van der Waals surface area contributed by atoms with E-state index in [2.05, 4.69) is 10.6 Å². The number of hydrogen-bond donors (Lipinski definition) is 2. The van der Waals surface area contributed by atoms with Crippen molar-refractivity contribution in [1.82, 2.24) is 5.32 Å². The maximum atomic E-state index is 11.8. The number of benzene rings is 2. The van der Waals surface area contributed by atoms with Crippen LogP contribution in [0.3, 0.4) is 0 Å². The van der Waals surface area contributed by atoms with Gasteiger partial charge in [-0.05, 0) is 31.0 Å². The van der Waals surface area contributed by atoms with Gasteiger partial charge in [0.05, 0.1) is 0 Å². The first-order valence-electron chi connectivity index (χ1n) is 6.76. The summed E-state index contributed by atoms with van der Waals surface area (Å²) in [5, 5.41) is 5.22. The van der Waals surface area contributed by atoms with Crippen molar-refractivity contribution in [3.05, 3.63) is 65.2 Å². The normalized spacial score (nSPS) is 10.0. The summed E-state index contributed by atoms with van der Waals surface area (Å²) < 4.78 is 0. The van der Waals surface area contributed by atoms with Gasteiger partial charge in [0.1, 0.15) is 0 Å². The average molecular weight is 282 g/mol. The molecule has 0 aromatic heterocycles. The lowest BCUT2D eigenvalue weighted by Gasteiger charge is -2.09. The van der Waals surface area contributed by atoms with E-state index in [1.807, 2.05) is 56.3 Å². The molecule has 0 heterocycles. The predicted molar refractivity (Wildman–Crippen MR) is 82.8 cm³/mol. The summed E-state index contributed by atoms with van der Waals surface area (Å²) in [7, 11) is 0. The molecule has 4 heteroatoms. The molecule has 2 N–H and O–H groups in total. The van der Waals surface area contributed by atoms with E-state index in [0.29, 0.717) is 12.2 Å². The van der Waals surface area contributed by atoms with E-state index in [1.54, 1.807) is 6.07 Å². The van der Waals surface area contributed by atoms with E-state index >= 15 is 0 Å². The number of nitrogens with one attached hydrogen (secondary N) is 2. The molecule has 0 spiro atoms. The van der Waals surface area contributed by atoms with E-state index in [1.165, 1.54) is 0 Å². The van der Waals surface area contributed by atoms with Crippen molar-refractivity contribution in [1.29, 1.82) is 0 Å². The highest BCUT2D eigenvalue weighted by molar-refractivity contribution is 6.39. The molecular formula is C17H18N2O2. The SMILES string of the molecule is Cc1cccc(CNC(=O)C(=O)Nc2ccccc2C)c1. The average Bonchev–Trinajstić information content (AvgIpc) is 2.47. The van der Waals surface area contributed by atoms with Crippen molar-refractivity contribution in [3.8, 4) is 0 Å². The van der Waals surface area contributed by atoms with Crippen LogP contribution in [-0.4, -0.2) is 11.8 Å². The Labute approximate surface area is 124 Å². The van der Waals surface area contributed by atoms with Gasteiger partial charge in [0.25, 0.3) is 0 Å². The minimum absolute atomic E-state index is 0.335. The van der Waals surface area contributed by atoms with E-state index in [4.69, 9.17) is 0 Å². The van der Waals surface area contributed by atoms with Crippen molar-refractivity contribution < 1.29 is 9.59 Å². The molecule has 0 unspecified atom stereocenters. The number of carbonyl (C=O) groups excluding carboxylic acids is 2. The van der Waals surface area contributed by atoms with Crippen molar-refractivity contribution >= 4 is 17.5 Å². The zero-order valence-electron chi connectivity index (χ0n) is 12.1. The van der Waals surface area contributed by atoms with Crippen molar-refractivity contribution in [2.45, 2.75) is 20.4 Å². The summed E-state index contributed by atoms with van der Waals surface area (Å²) in [6.07, 6.45) is 0. The minimum atomic E-state index is -0.656. The van der Waals surface area contributed by atoms with Crippen molar-refractivity contribution in [3.63, 3.8) is 0 Å². The second-order valence-corrected chi connectivity index (χ2v) is 4.94. The summed E-state index contributed by atoms with van der Waals surface area (Å²) in [6, 6.07) is 15.1. The molecular weight excluding hydrogens is 264 g/mol. The molecule has 0 aliphatic carbocycles. The quantitative estimate of drug-likeness (QED) is 0.850. The molecule has 108 valence electrons. The van der Waals surface area contributed by atoms with Crippen LogP contribution in [0.2, 0.25) is 0 Å². The van der Waals surface area contributed by atoms with Gasteiger partial charge in [-0.25, -0.2) is 0 Å². The Balaban J connectivity index is 1.91. The van der Waals surface area contributed by atoms with Gasteiger partial charge >= 0.3 is 11.8 Å². The summed E-state index contributed by atoms with van der Waals surface area (Å²) >= 11 is 0. The zero-order valence-corrected chi connectivity index (χ0v) is 12.1. The van der Waals surface area contributed by atoms with Crippen LogP contribution in [0.5, 0.6) is 0 Å². The Bertz CT molecular complexity index is 665. The lowest BCUT2D eigenvalue weighted by Crippen LogP contribution is -2.35. The molecule has 21 heavy (non-hydrogen) atoms. The van der Waals surface area contributed by atoms with Crippen molar-refractivity contribution in [2.75, 3.05) is 5.32 Å². The third kappa shape index (κ3) is 4.18. The highest BCUT2D eigenvalue weighted by Gasteiger charge is 2.13. The van der Waals surface area contributed by atoms with Crippen molar-refractivity contribution in [2.24, 2.45) is 0 Å². The molecule has 2 aromatic carbocycles. The highest BCUT2D eigenvalue weighted by atomic mass is 16.2. The van der Waals surface area contributed by atoms with Gasteiger partial charge in [-0.3, -0.25) is 9.59 Å². The third-order valence-electron chi connectivity index (χ3n) is 3.14. The number of rotatable bonds is 3. The number of aryl methyl sites for hydroxylation is 2. The molecule has 0 aliphatic heterocycles. The van der Waals surface area contributed by atoms with E-state index in [-0.39, 0.29) is 0 Å². The summed E-state index contributed by atoms with van der Waals surface area (Å²) in [5.74, 6) is -1.29. The molecule has 0 saturated carbocycles. The lowest BCUT2D eigenvalue weighted by molar-refractivity contribution is -0.136. The van der Waals surface area contributed by atoms with E-state index < -0.39 is 11.8 Å². The maximum absolute atomic E-state index is 11.8. The molecule has 0 fully saturated rings. The summed E-state index contributed by atoms with van der Waals surface area (Å²) in [6.45, 7) is 4.19. The summed E-state index contributed by atoms with van der Waals surface area (Å²) in [4.78, 5) is 23.6. The number of amides is 2. The molecule has 0 saturated heterocycles. The van der Waals surface area contributed by atoms with Crippen LogP contribution < -0.4 is 10.6 Å². The van der Waals surface area contributed by atoms with Crippen LogP contribution in [0.4, 0.5) is 5.69 Å². The minimum Gasteiger partial charge on any atom is -0.344 e. The zero-order chi connectivity index (χ0) is 15.2. The predicted octanol–water partition coefficient (Wildman–Crippen LogP) is 2.56. The smallest absolute Gasteiger partial charge is 0.313 e. The van der Waals surface area contributed by atoms with Gasteiger partial charge in [-0.2, -0.15) is 0 Å². The molecule has 0 aliphatic rings. The standard InChI is InChI=1S/C17H18N2O2/c1-12-6-5-8-14(10-12)11-18-16(20)17(21)19-15-9-4-3-7-13(15)2/h3-10H,11H2,1-2H3,(H,18,20)(H,19,21). The molecule has 4 nitrogen and oxygen atoms in total. The number of carbonyl (C=O) groups is 2. The molecule has 0 radical (unpaired) electrons. The molecule has 2 amide bonds. The summed E-state index contributed by atoms with van der Waals surface area (Å²) in [5.41, 5.74) is 3.64. The second kappa shape index (κ2) is 6.70. The molecule has 2 rings (SSSR count). The van der Waals surface area contributed by atoms with Crippen LogP contribution in [0.1, 0.15) is 16.7 Å². The third-order valence-corrected chi connectivity index (χ3v) is 3.14. The Hall–Kier alpha value is -2.62. The number of para-hydroxylation sites is 1. The van der Waals surface area contributed by atoms with Gasteiger partial charge < -0.3 is 10.6 Å². The van der Waals surface area contributed by atoms with Crippen LogP contribution >= 0.6 is 0 Å². The fraction of sp³-hybridized carbons (Fsp3) is 0.176. The van der Waals surface area contributed by atoms with E-state index in [0.717, 1.165) is 16.7 Å². The second-order valence-electron chi connectivity index (χ2n) is 4.94. The Morgan fingerprint density at radius 1 is 0.952 bits per heavy atom. The molecule has 0 bridgehead atoms. The molecule has 0 atom stereocenters. The highest BCUT2D eigenvalue weighted by Crippen LogP contribution is 2.12. The van der Waals surface area contributed by atoms with Gasteiger partial charge in [0, 0.05) is 12.2 Å². The topological polar surface area (TPSA) is 58.2 Å². The van der Waals surface area contributed by atoms with Crippen LogP contribution in [0, 0.1) is 13.8 Å². The van der Waals surface area contributed by atoms with Gasteiger partial charge in [-0.15, -0.1) is 0 Å². The number of anilines is 1. The first kappa shape index (κ1) is 14.8. The first-order chi connectivity index (χ1) is 10.1. The van der Waals surface area contributed by atoms with Gasteiger partial charge in [0.15, 0.2) is 0 Å². The maximum Gasteiger partial charge on any atom is 0.313 e. The monoisotopic (exact) mass is 282 g/mol. The van der Waals surface area contributed by atoms with Crippen LogP contribution in [-0.2, 0) is 16.1 Å². The van der Waals surface area contributed by atoms with Gasteiger partial charge in [0.2, 0.25) is 0 Å². The number of hydrogen-bond acceptors (Lipinski definition) is 2. The van der Waals surface area contributed by atoms with Crippen LogP contribution in [0.25, 0.3) is 0 Å². The first-order valence-corrected chi connectivity index (χ1v) is 6.76. The Morgan fingerprint density at radius 3 is 2.43 bits per heavy atom. The Morgan fingerprint density at radius 2 is 1.71 bits per heavy atom. The van der Waals surface area contributed by atoms with E-state index in [9.17, 15) is 9.59 Å². The Kier molecular flexibility index (Phi) is 4.72. The largest absolute Gasteiger partial charge is 0.344 e. The lowest BCUT2D eigenvalue weighted by atomic mass is 10.1. The molecule has 2 aromatic rings. The fourth-order valence-corrected chi connectivity index (χ4v) is 1.98. The van der Waals surface area contributed by atoms with Gasteiger partial charge in [-0.1, -0.05) is 48.0 Å².